The number of rotatable bonds is 6. The van der Waals surface area contributed by atoms with Crippen LogP contribution in [0, 0.1) is 0 Å². The van der Waals surface area contributed by atoms with Gasteiger partial charge in [0.25, 0.3) is 0 Å². The molecular formula is C16H18ClN3O2. The summed E-state index contributed by atoms with van der Waals surface area (Å²) in [6, 6.07) is 12.3. The maximum absolute atomic E-state index is 12.0. The van der Waals surface area contributed by atoms with Gasteiger partial charge in [-0.15, -0.1) is 0 Å². The van der Waals surface area contributed by atoms with Gasteiger partial charge in [0.05, 0.1) is 24.9 Å². The summed E-state index contributed by atoms with van der Waals surface area (Å²) in [5, 5.41) is 6.31. The van der Waals surface area contributed by atoms with Crippen molar-refractivity contribution in [1.82, 2.24) is 15.6 Å². The second-order valence-corrected chi connectivity index (χ2v) is 5.14. The lowest BCUT2D eigenvalue weighted by molar-refractivity contribution is 0.166. The van der Waals surface area contributed by atoms with Crippen LogP contribution in [0.4, 0.5) is 4.79 Å². The van der Waals surface area contributed by atoms with Gasteiger partial charge in [-0.3, -0.25) is 4.98 Å². The lowest BCUT2D eigenvalue weighted by Crippen LogP contribution is -2.39. The molecular weight excluding hydrogens is 302 g/mol. The number of urea groups is 1. The zero-order valence-electron chi connectivity index (χ0n) is 12.3. The number of hydrogen-bond acceptors (Lipinski definition) is 3. The van der Waals surface area contributed by atoms with E-state index < -0.39 is 0 Å². The monoisotopic (exact) mass is 319 g/mol. The Kier molecular flexibility index (Phi) is 6.18. The Morgan fingerprint density at radius 2 is 2.05 bits per heavy atom. The molecule has 2 amide bonds. The molecule has 22 heavy (non-hydrogen) atoms. The third-order valence-electron chi connectivity index (χ3n) is 3.07. The molecule has 1 atom stereocenters. The Labute approximate surface area is 134 Å². The van der Waals surface area contributed by atoms with E-state index in [1.54, 1.807) is 25.4 Å². The van der Waals surface area contributed by atoms with Crippen LogP contribution in [0.15, 0.2) is 48.7 Å². The normalized spacial score (nSPS) is 11.7. The smallest absolute Gasteiger partial charge is 0.315 e. The molecule has 1 aromatic carbocycles. The highest BCUT2D eigenvalue weighted by Crippen LogP contribution is 2.16. The summed E-state index contributed by atoms with van der Waals surface area (Å²) in [5.41, 5.74) is 1.73. The lowest BCUT2D eigenvalue weighted by atomic mass is 10.1. The molecule has 0 aliphatic heterocycles. The molecule has 5 nitrogen and oxygen atoms in total. The third kappa shape index (κ3) is 5.02. The molecule has 0 saturated carbocycles. The van der Waals surface area contributed by atoms with Crippen molar-refractivity contribution in [2.45, 2.75) is 12.6 Å². The molecule has 2 N–H and O–H groups in total. The van der Waals surface area contributed by atoms with Crippen LogP contribution in [-0.4, -0.2) is 24.7 Å². The van der Waals surface area contributed by atoms with Gasteiger partial charge in [-0.1, -0.05) is 29.8 Å². The second kappa shape index (κ2) is 8.36. The fourth-order valence-corrected chi connectivity index (χ4v) is 2.09. The molecule has 6 heteroatoms. The first-order chi connectivity index (χ1) is 10.7. The van der Waals surface area contributed by atoms with E-state index >= 15 is 0 Å². The number of carbonyl (C=O) groups is 1. The van der Waals surface area contributed by atoms with Crippen molar-refractivity contribution in [3.8, 4) is 0 Å². The van der Waals surface area contributed by atoms with Crippen LogP contribution in [-0.2, 0) is 11.3 Å². The molecule has 2 rings (SSSR count). The maximum Gasteiger partial charge on any atom is 0.315 e. The van der Waals surface area contributed by atoms with Crippen molar-refractivity contribution in [2.75, 3.05) is 13.7 Å². The van der Waals surface area contributed by atoms with Gasteiger partial charge >= 0.3 is 6.03 Å². The number of aromatic nitrogens is 1. The van der Waals surface area contributed by atoms with E-state index in [0.29, 0.717) is 18.2 Å². The van der Waals surface area contributed by atoms with Gasteiger partial charge in [0.1, 0.15) is 0 Å². The van der Waals surface area contributed by atoms with Gasteiger partial charge in [0.15, 0.2) is 0 Å². The molecule has 116 valence electrons. The summed E-state index contributed by atoms with van der Waals surface area (Å²) in [4.78, 5) is 16.2. The molecule has 0 aliphatic rings. The van der Waals surface area contributed by atoms with Crippen molar-refractivity contribution < 1.29 is 9.53 Å². The van der Waals surface area contributed by atoms with Gasteiger partial charge in [-0.2, -0.15) is 0 Å². The molecule has 1 aromatic heterocycles. The maximum atomic E-state index is 12.0. The summed E-state index contributed by atoms with van der Waals surface area (Å²) < 4.78 is 5.16. The quantitative estimate of drug-likeness (QED) is 0.860. The molecule has 0 radical (unpaired) electrons. The van der Waals surface area contributed by atoms with E-state index in [-0.39, 0.29) is 12.1 Å². The van der Waals surface area contributed by atoms with Gasteiger partial charge in [0, 0.05) is 18.3 Å². The van der Waals surface area contributed by atoms with E-state index in [0.717, 1.165) is 11.3 Å². The Morgan fingerprint density at radius 1 is 1.27 bits per heavy atom. The van der Waals surface area contributed by atoms with Gasteiger partial charge < -0.3 is 15.4 Å². The Morgan fingerprint density at radius 3 is 2.68 bits per heavy atom. The number of nitrogens with zero attached hydrogens (tertiary/aromatic N) is 1. The minimum Gasteiger partial charge on any atom is -0.382 e. The van der Waals surface area contributed by atoms with Crippen LogP contribution in [0.3, 0.4) is 0 Å². The van der Waals surface area contributed by atoms with E-state index in [2.05, 4.69) is 15.6 Å². The highest BCUT2D eigenvalue weighted by atomic mass is 35.5. The summed E-state index contributed by atoms with van der Waals surface area (Å²) in [6.45, 7) is 0.742. The first kappa shape index (κ1) is 16.3. The minimum atomic E-state index is -0.275. The minimum absolute atomic E-state index is 0.244. The van der Waals surface area contributed by atoms with Crippen LogP contribution in [0.1, 0.15) is 17.3 Å². The van der Waals surface area contributed by atoms with E-state index in [1.165, 1.54) is 0 Å². The topological polar surface area (TPSA) is 63.2 Å². The first-order valence-electron chi connectivity index (χ1n) is 6.87. The summed E-state index contributed by atoms with van der Waals surface area (Å²) in [7, 11) is 1.59. The fourth-order valence-electron chi connectivity index (χ4n) is 1.97. The predicted molar refractivity (Wildman–Crippen MR) is 85.7 cm³/mol. The van der Waals surface area contributed by atoms with Crippen molar-refractivity contribution in [1.29, 1.82) is 0 Å². The number of benzene rings is 1. The fraction of sp³-hybridized carbons (Fsp3) is 0.250. The van der Waals surface area contributed by atoms with Crippen LogP contribution in [0.2, 0.25) is 5.02 Å². The van der Waals surface area contributed by atoms with Gasteiger partial charge in [-0.25, -0.2) is 4.79 Å². The molecule has 1 heterocycles. The van der Waals surface area contributed by atoms with Crippen molar-refractivity contribution >= 4 is 17.6 Å². The number of methoxy groups -OCH3 is 1. The highest BCUT2D eigenvalue weighted by molar-refractivity contribution is 6.30. The standard InChI is InChI=1S/C16H18ClN3O2/c1-22-11-15(12-5-7-13(17)8-6-12)20-16(21)19-10-14-4-2-3-9-18-14/h2-9,15H,10-11H2,1H3,(H2,19,20,21)/t15-/m1/s1. The Hall–Kier alpha value is -2.11. The van der Waals surface area contributed by atoms with Gasteiger partial charge in [-0.05, 0) is 29.8 Å². The summed E-state index contributed by atoms with van der Waals surface area (Å²) in [6.07, 6.45) is 1.69. The second-order valence-electron chi connectivity index (χ2n) is 4.71. The average molecular weight is 320 g/mol. The van der Waals surface area contributed by atoms with E-state index in [1.807, 2.05) is 30.3 Å². The Bertz CT molecular complexity index is 590. The van der Waals surface area contributed by atoms with Crippen LogP contribution in [0.5, 0.6) is 0 Å². The van der Waals surface area contributed by atoms with E-state index in [4.69, 9.17) is 16.3 Å². The highest BCUT2D eigenvalue weighted by Gasteiger charge is 2.14. The predicted octanol–water partition coefficient (Wildman–Crippen LogP) is 2.92. The van der Waals surface area contributed by atoms with Crippen molar-refractivity contribution in [2.24, 2.45) is 0 Å². The molecule has 0 bridgehead atoms. The summed E-state index contributed by atoms with van der Waals surface area (Å²) >= 11 is 5.88. The lowest BCUT2D eigenvalue weighted by Gasteiger charge is -2.19. The first-order valence-corrected chi connectivity index (χ1v) is 7.25. The number of amides is 2. The number of ether oxygens (including phenoxy) is 1. The molecule has 0 spiro atoms. The number of halogens is 1. The zero-order valence-corrected chi connectivity index (χ0v) is 13.0. The third-order valence-corrected chi connectivity index (χ3v) is 3.32. The number of pyridine rings is 1. The zero-order chi connectivity index (χ0) is 15.8. The number of nitrogens with one attached hydrogen (secondary N) is 2. The van der Waals surface area contributed by atoms with Crippen LogP contribution in [0.25, 0.3) is 0 Å². The van der Waals surface area contributed by atoms with Crippen molar-refractivity contribution in [3.63, 3.8) is 0 Å². The Balaban J connectivity index is 1.92. The van der Waals surface area contributed by atoms with Crippen molar-refractivity contribution in [3.05, 3.63) is 64.9 Å². The molecule has 0 fully saturated rings. The van der Waals surface area contributed by atoms with Crippen LogP contribution >= 0.6 is 11.6 Å². The number of carbonyl (C=O) groups excluding carboxylic acids is 1. The molecule has 2 aromatic rings. The summed E-state index contributed by atoms with van der Waals surface area (Å²) in [5.74, 6) is 0. The largest absolute Gasteiger partial charge is 0.382 e. The van der Waals surface area contributed by atoms with E-state index in [9.17, 15) is 4.79 Å². The van der Waals surface area contributed by atoms with Crippen LogP contribution < -0.4 is 10.6 Å². The molecule has 0 unspecified atom stereocenters. The average Bonchev–Trinajstić information content (AvgIpc) is 2.54. The molecule has 0 saturated heterocycles. The number of hydrogen-bond donors (Lipinski definition) is 2. The molecule has 0 aliphatic carbocycles. The van der Waals surface area contributed by atoms with Gasteiger partial charge in [0.2, 0.25) is 0 Å². The SMILES string of the molecule is COC[C@@H](NC(=O)NCc1ccccn1)c1ccc(Cl)cc1.